The molecule has 2 heterocycles. The maximum atomic E-state index is 11.4. The van der Waals surface area contributed by atoms with Gasteiger partial charge in [-0.3, -0.25) is 4.79 Å². The van der Waals surface area contributed by atoms with E-state index in [0.717, 1.165) is 55.2 Å². The van der Waals surface area contributed by atoms with Crippen LogP contribution in [-0.2, 0) is 14.3 Å². The highest BCUT2D eigenvalue weighted by atomic mass is 16.5. The van der Waals surface area contributed by atoms with E-state index in [4.69, 9.17) is 14.2 Å². The molecule has 0 saturated carbocycles. The molecule has 1 aromatic carbocycles. The maximum absolute atomic E-state index is 11.4. The van der Waals surface area contributed by atoms with Crippen molar-refractivity contribution in [1.82, 2.24) is 9.97 Å². The van der Waals surface area contributed by atoms with Crippen molar-refractivity contribution in [2.75, 3.05) is 50.3 Å². The van der Waals surface area contributed by atoms with Gasteiger partial charge in [0.1, 0.15) is 0 Å². The summed E-state index contributed by atoms with van der Waals surface area (Å²) in [6.45, 7) is 7.21. The third kappa shape index (κ3) is 6.79. The van der Waals surface area contributed by atoms with Crippen LogP contribution in [0.5, 0.6) is 6.01 Å². The van der Waals surface area contributed by atoms with Gasteiger partial charge in [-0.05, 0) is 44.4 Å². The van der Waals surface area contributed by atoms with E-state index < -0.39 is 5.97 Å². The Morgan fingerprint density at radius 2 is 2.00 bits per heavy atom. The van der Waals surface area contributed by atoms with Crippen LogP contribution >= 0.6 is 0 Å². The number of benzene rings is 1. The molecule has 3 rings (SSSR count). The van der Waals surface area contributed by atoms with Crippen LogP contribution < -0.4 is 15.0 Å². The van der Waals surface area contributed by atoms with Crippen LogP contribution in [0.1, 0.15) is 44.6 Å². The Bertz CT molecular complexity index is 887. The summed E-state index contributed by atoms with van der Waals surface area (Å²) >= 11 is 0. The highest BCUT2D eigenvalue weighted by Crippen LogP contribution is 2.35. The topological polar surface area (TPSA) is 106 Å². The van der Waals surface area contributed by atoms with Gasteiger partial charge in [-0.15, -0.1) is 0 Å². The molecule has 1 atom stereocenters. The maximum Gasteiger partial charge on any atom is 0.316 e. The van der Waals surface area contributed by atoms with Crippen LogP contribution in [-0.4, -0.2) is 67.2 Å². The largest absolute Gasteiger partial charge is 0.481 e. The number of carbonyl (C=O) groups is 1. The fourth-order valence-corrected chi connectivity index (χ4v) is 4.21. The first kappa shape index (κ1) is 24.7. The molecule has 0 unspecified atom stereocenters. The van der Waals surface area contributed by atoms with Gasteiger partial charge in [0, 0.05) is 38.8 Å². The molecule has 0 bridgehead atoms. The molecule has 1 aromatic heterocycles. The number of carboxylic acids is 1. The summed E-state index contributed by atoms with van der Waals surface area (Å²) in [6.07, 6.45) is 5.29. The van der Waals surface area contributed by atoms with Gasteiger partial charge in [0.05, 0.1) is 49.1 Å². The standard InChI is InChI=1S/C24H34N4O5/c1-4-28(20-8-10-32-11-9-20)22-7-6-17(18(16-31-3)13-23(29)30)12-21(22)27-19-14-25-24(26-15-19)33-5-2/h6-7,12,14-15,18,20,27H,4-5,8-11,13,16H2,1-3H3,(H,29,30)/t18-/m0/s1. The summed E-state index contributed by atoms with van der Waals surface area (Å²) in [4.78, 5) is 22.3. The summed E-state index contributed by atoms with van der Waals surface area (Å²) < 4.78 is 16.2. The van der Waals surface area contributed by atoms with E-state index in [0.29, 0.717) is 25.3 Å². The van der Waals surface area contributed by atoms with Crippen LogP contribution in [0, 0.1) is 0 Å². The lowest BCUT2D eigenvalue weighted by Gasteiger charge is -2.36. The molecule has 1 saturated heterocycles. The average molecular weight is 459 g/mol. The van der Waals surface area contributed by atoms with E-state index >= 15 is 0 Å². The molecule has 0 spiro atoms. The van der Waals surface area contributed by atoms with Crippen LogP contribution in [0.3, 0.4) is 0 Å². The Morgan fingerprint density at radius 1 is 1.27 bits per heavy atom. The molecule has 9 heteroatoms. The van der Waals surface area contributed by atoms with E-state index in [-0.39, 0.29) is 12.3 Å². The number of hydrogen-bond donors (Lipinski definition) is 2. The molecular weight excluding hydrogens is 424 g/mol. The van der Waals surface area contributed by atoms with Gasteiger partial charge in [0.25, 0.3) is 0 Å². The first-order valence-electron chi connectivity index (χ1n) is 11.5. The minimum absolute atomic E-state index is 0.00372. The predicted octanol–water partition coefficient (Wildman–Crippen LogP) is 3.83. The van der Waals surface area contributed by atoms with Gasteiger partial charge in [-0.2, -0.15) is 0 Å². The normalized spacial score (nSPS) is 15.1. The Labute approximate surface area is 195 Å². The lowest BCUT2D eigenvalue weighted by molar-refractivity contribution is -0.137. The smallest absolute Gasteiger partial charge is 0.316 e. The van der Waals surface area contributed by atoms with Crippen LogP contribution in [0.4, 0.5) is 17.1 Å². The zero-order valence-electron chi connectivity index (χ0n) is 19.6. The number of aromatic nitrogens is 2. The van der Waals surface area contributed by atoms with Crippen LogP contribution in [0.2, 0.25) is 0 Å². The summed E-state index contributed by atoms with van der Waals surface area (Å²) in [5, 5.41) is 12.8. The van der Waals surface area contributed by atoms with Gasteiger partial charge < -0.3 is 29.5 Å². The Morgan fingerprint density at radius 3 is 2.61 bits per heavy atom. The second-order valence-electron chi connectivity index (χ2n) is 7.97. The van der Waals surface area contributed by atoms with Gasteiger partial charge in [-0.1, -0.05) is 6.07 Å². The number of ether oxygens (including phenoxy) is 3. The van der Waals surface area contributed by atoms with E-state index in [2.05, 4.69) is 33.2 Å². The number of nitrogens with one attached hydrogen (secondary N) is 1. The van der Waals surface area contributed by atoms with Crippen molar-refractivity contribution in [2.24, 2.45) is 0 Å². The van der Waals surface area contributed by atoms with Crippen molar-refractivity contribution >= 4 is 23.0 Å². The zero-order valence-corrected chi connectivity index (χ0v) is 19.6. The van der Waals surface area contributed by atoms with Gasteiger partial charge in [0.2, 0.25) is 0 Å². The highest BCUT2D eigenvalue weighted by Gasteiger charge is 2.24. The zero-order chi connectivity index (χ0) is 23.6. The molecule has 180 valence electrons. The summed E-state index contributed by atoms with van der Waals surface area (Å²) in [7, 11) is 1.59. The quantitative estimate of drug-likeness (QED) is 0.491. The van der Waals surface area contributed by atoms with E-state index in [1.54, 1.807) is 19.5 Å². The van der Waals surface area contributed by atoms with Crippen molar-refractivity contribution in [1.29, 1.82) is 0 Å². The fraction of sp³-hybridized carbons (Fsp3) is 0.542. The molecular formula is C24H34N4O5. The minimum Gasteiger partial charge on any atom is -0.481 e. The number of anilines is 3. The summed E-state index contributed by atoms with van der Waals surface area (Å²) in [5.74, 6) is -1.11. The first-order chi connectivity index (χ1) is 16.0. The number of aliphatic carboxylic acids is 1. The Balaban J connectivity index is 1.97. The fourth-order valence-electron chi connectivity index (χ4n) is 4.21. The van der Waals surface area contributed by atoms with Crippen molar-refractivity contribution in [2.45, 2.75) is 45.1 Å². The Hall–Kier alpha value is -2.91. The summed E-state index contributed by atoms with van der Waals surface area (Å²) in [6, 6.07) is 6.79. The Kier molecular flexibility index (Phi) is 9.26. The first-order valence-corrected chi connectivity index (χ1v) is 11.5. The third-order valence-electron chi connectivity index (χ3n) is 5.74. The monoisotopic (exact) mass is 458 g/mol. The van der Waals surface area contributed by atoms with E-state index in [9.17, 15) is 9.90 Å². The van der Waals surface area contributed by atoms with Gasteiger partial charge >= 0.3 is 12.0 Å². The lowest BCUT2D eigenvalue weighted by atomic mass is 9.95. The van der Waals surface area contributed by atoms with Gasteiger partial charge in [-0.25, -0.2) is 9.97 Å². The van der Waals surface area contributed by atoms with E-state index in [1.165, 1.54) is 0 Å². The van der Waals surface area contributed by atoms with Crippen LogP contribution in [0.25, 0.3) is 0 Å². The lowest BCUT2D eigenvalue weighted by Crippen LogP contribution is -2.39. The predicted molar refractivity (Wildman–Crippen MR) is 127 cm³/mol. The number of hydrogen-bond acceptors (Lipinski definition) is 8. The van der Waals surface area contributed by atoms with Crippen molar-refractivity contribution in [3.63, 3.8) is 0 Å². The molecule has 2 aromatic rings. The molecule has 0 aliphatic carbocycles. The molecule has 1 aliphatic rings. The second-order valence-corrected chi connectivity index (χ2v) is 7.97. The molecule has 1 fully saturated rings. The number of nitrogens with zero attached hydrogens (tertiary/aromatic N) is 3. The highest BCUT2D eigenvalue weighted by molar-refractivity contribution is 5.77. The molecule has 2 N–H and O–H groups in total. The molecule has 33 heavy (non-hydrogen) atoms. The molecule has 1 aliphatic heterocycles. The van der Waals surface area contributed by atoms with Crippen molar-refractivity contribution < 1.29 is 24.1 Å². The number of rotatable bonds is 12. The van der Waals surface area contributed by atoms with Gasteiger partial charge in [0.15, 0.2) is 0 Å². The SMILES string of the molecule is CCOc1ncc(Nc2cc([C@H](COC)CC(=O)O)ccc2N(CC)C2CCOCC2)cn1. The number of methoxy groups -OCH3 is 1. The summed E-state index contributed by atoms with van der Waals surface area (Å²) in [5.41, 5.74) is 3.55. The molecule has 0 radical (unpaired) electrons. The molecule has 0 amide bonds. The van der Waals surface area contributed by atoms with Crippen molar-refractivity contribution in [3.8, 4) is 6.01 Å². The third-order valence-corrected chi connectivity index (χ3v) is 5.74. The second kappa shape index (κ2) is 12.4. The molecule has 9 nitrogen and oxygen atoms in total. The van der Waals surface area contributed by atoms with E-state index in [1.807, 2.05) is 19.1 Å². The van der Waals surface area contributed by atoms with Crippen molar-refractivity contribution in [3.05, 3.63) is 36.2 Å². The minimum atomic E-state index is -0.854. The average Bonchev–Trinajstić information content (AvgIpc) is 2.82. The number of carboxylic acid groups (broad SMARTS) is 1. The van der Waals surface area contributed by atoms with Crippen LogP contribution in [0.15, 0.2) is 30.6 Å².